The number of anilines is 1. The molecule has 0 aliphatic rings. The van der Waals surface area contributed by atoms with E-state index in [1.165, 1.54) is 16.6 Å². The lowest BCUT2D eigenvalue weighted by atomic mass is 10.1. The van der Waals surface area contributed by atoms with Gasteiger partial charge < -0.3 is 5.11 Å². The maximum Gasteiger partial charge on any atom is 0.336 e. The SMILES string of the molecule is Cc1ccn2nc(S(=O)(=O)Nc3c(C)ccc(C(=O)O)c3Br)nc2n1. The fraction of sp³-hybridized carbons (Fsp3) is 0.143. The van der Waals surface area contributed by atoms with Crippen LogP contribution in [0.3, 0.4) is 0 Å². The van der Waals surface area contributed by atoms with E-state index in [-0.39, 0.29) is 21.5 Å². The number of benzene rings is 1. The zero-order valence-electron chi connectivity index (χ0n) is 13.1. The smallest absolute Gasteiger partial charge is 0.336 e. The summed E-state index contributed by atoms with van der Waals surface area (Å²) in [5, 5.41) is 12.6. The van der Waals surface area contributed by atoms with Crippen molar-refractivity contribution >= 4 is 43.4 Å². The molecule has 0 amide bonds. The zero-order valence-corrected chi connectivity index (χ0v) is 15.5. The first-order chi connectivity index (χ1) is 11.7. The molecule has 0 fully saturated rings. The molecule has 2 aromatic heterocycles. The topological polar surface area (TPSA) is 127 Å². The first kappa shape index (κ1) is 17.3. The van der Waals surface area contributed by atoms with Crippen LogP contribution in [-0.2, 0) is 10.0 Å². The van der Waals surface area contributed by atoms with Crippen molar-refractivity contribution in [2.24, 2.45) is 0 Å². The molecule has 2 heterocycles. The fourth-order valence-electron chi connectivity index (χ4n) is 2.10. The van der Waals surface area contributed by atoms with Gasteiger partial charge in [-0.15, -0.1) is 5.10 Å². The van der Waals surface area contributed by atoms with E-state index in [1.807, 2.05) is 0 Å². The van der Waals surface area contributed by atoms with Crippen LogP contribution >= 0.6 is 15.9 Å². The summed E-state index contributed by atoms with van der Waals surface area (Å²) in [6.45, 7) is 3.40. The Bertz CT molecular complexity index is 1110. The van der Waals surface area contributed by atoms with Gasteiger partial charge >= 0.3 is 5.97 Å². The van der Waals surface area contributed by atoms with Crippen molar-refractivity contribution in [2.75, 3.05) is 4.72 Å². The highest BCUT2D eigenvalue weighted by Gasteiger charge is 2.24. The molecule has 3 aromatic rings. The summed E-state index contributed by atoms with van der Waals surface area (Å²) < 4.78 is 28.9. The Morgan fingerprint density at radius 2 is 1.96 bits per heavy atom. The number of hydrogen-bond donors (Lipinski definition) is 2. The van der Waals surface area contributed by atoms with Crippen LogP contribution in [0.4, 0.5) is 5.69 Å². The van der Waals surface area contributed by atoms with E-state index in [2.05, 4.69) is 35.7 Å². The van der Waals surface area contributed by atoms with Crippen molar-refractivity contribution in [2.45, 2.75) is 19.0 Å². The Morgan fingerprint density at radius 3 is 2.64 bits per heavy atom. The van der Waals surface area contributed by atoms with Gasteiger partial charge in [0.05, 0.1) is 15.7 Å². The lowest BCUT2D eigenvalue weighted by Gasteiger charge is -2.12. The molecular weight excluding hydrogens is 414 g/mol. The molecule has 25 heavy (non-hydrogen) atoms. The standard InChI is InChI=1S/C14H12BrN5O4S/c1-7-3-4-9(12(21)22)10(15)11(7)19-25(23,24)14-17-13-16-8(2)5-6-20(13)18-14/h3-6,19H,1-2H3,(H,21,22). The van der Waals surface area contributed by atoms with Crippen molar-refractivity contribution in [3.63, 3.8) is 0 Å². The highest BCUT2D eigenvalue weighted by Crippen LogP contribution is 2.31. The Morgan fingerprint density at radius 1 is 1.24 bits per heavy atom. The number of sulfonamides is 1. The van der Waals surface area contributed by atoms with E-state index in [4.69, 9.17) is 0 Å². The summed E-state index contributed by atoms with van der Waals surface area (Å²) in [7, 11) is -4.13. The molecule has 11 heteroatoms. The summed E-state index contributed by atoms with van der Waals surface area (Å²) >= 11 is 3.14. The summed E-state index contributed by atoms with van der Waals surface area (Å²) in [4.78, 5) is 19.2. The number of halogens is 1. The van der Waals surface area contributed by atoms with Crippen LogP contribution < -0.4 is 4.72 Å². The second kappa shape index (κ2) is 6.08. The first-order valence-electron chi connectivity index (χ1n) is 6.94. The average Bonchev–Trinajstić information content (AvgIpc) is 2.95. The van der Waals surface area contributed by atoms with Gasteiger partial charge in [-0.2, -0.15) is 13.4 Å². The molecule has 2 N–H and O–H groups in total. The minimum absolute atomic E-state index is 0.0662. The van der Waals surface area contributed by atoms with Crippen LogP contribution in [-0.4, -0.2) is 39.1 Å². The number of nitrogens with zero attached hydrogens (tertiary/aromatic N) is 4. The third-order valence-corrected chi connectivity index (χ3v) is 5.33. The van der Waals surface area contributed by atoms with E-state index in [1.54, 1.807) is 26.1 Å². The number of aromatic carboxylic acids is 1. The monoisotopic (exact) mass is 425 g/mol. The molecule has 0 radical (unpaired) electrons. The Hall–Kier alpha value is -2.53. The molecule has 0 atom stereocenters. The van der Waals surface area contributed by atoms with Gasteiger partial charge in [0.25, 0.3) is 21.0 Å². The minimum Gasteiger partial charge on any atom is -0.478 e. The molecule has 0 bridgehead atoms. The van der Waals surface area contributed by atoms with Crippen molar-refractivity contribution < 1.29 is 18.3 Å². The lowest BCUT2D eigenvalue weighted by Crippen LogP contribution is -2.16. The predicted octanol–water partition coefficient (Wildman–Crippen LogP) is 2.00. The number of aryl methyl sites for hydroxylation is 2. The summed E-state index contributed by atoms with van der Waals surface area (Å²) in [5.41, 5.74) is 1.26. The van der Waals surface area contributed by atoms with E-state index < -0.39 is 21.1 Å². The molecule has 9 nitrogen and oxygen atoms in total. The van der Waals surface area contributed by atoms with Gasteiger partial charge in [0, 0.05) is 11.9 Å². The van der Waals surface area contributed by atoms with E-state index in [0.717, 1.165) is 0 Å². The molecule has 0 aliphatic heterocycles. The number of rotatable bonds is 4. The molecule has 0 saturated heterocycles. The molecule has 1 aromatic carbocycles. The molecule has 130 valence electrons. The summed E-state index contributed by atoms with van der Waals surface area (Å²) in [6, 6.07) is 4.56. The van der Waals surface area contributed by atoms with Crippen molar-refractivity contribution in [3.8, 4) is 0 Å². The number of aromatic nitrogens is 4. The van der Waals surface area contributed by atoms with Crippen molar-refractivity contribution in [1.29, 1.82) is 0 Å². The largest absolute Gasteiger partial charge is 0.478 e. The van der Waals surface area contributed by atoms with Crippen LogP contribution in [0.15, 0.2) is 34.0 Å². The molecule has 0 unspecified atom stereocenters. The Kier molecular flexibility index (Phi) is 4.21. The number of carbonyl (C=O) groups is 1. The normalized spacial score (nSPS) is 11.6. The first-order valence-corrected chi connectivity index (χ1v) is 9.22. The predicted molar refractivity (Wildman–Crippen MR) is 92.2 cm³/mol. The van der Waals surface area contributed by atoms with Gasteiger partial charge in [0.2, 0.25) is 0 Å². The maximum absolute atomic E-state index is 12.6. The van der Waals surface area contributed by atoms with E-state index in [9.17, 15) is 18.3 Å². The highest BCUT2D eigenvalue weighted by molar-refractivity contribution is 9.10. The van der Waals surface area contributed by atoms with Gasteiger partial charge in [-0.3, -0.25) is 4.72 Å². The zero-order chi connectivity index (χ0) is 18.4. The minimum atomic E-state index is -4.13. The van der Waals surface area contributed by atoms with Crippen LogP contribution in [0.5, 0.6) is 0 Å². The summed E-state index contributed by atoms with van der Waals surface area (Å²) in [5.74, 6) is -1.03. The van der Waals surface area contributed by atoms with Crippen molar-refractivity contribution in [3.05, 3.63) is 45.7 Å². The molecule has 0 aliphatic carbocycles. The number of fused-ring (bicyclic) bond motifs is 1. The third kappa shape index (κ3) is 3.20. The second-order valence-corrected chi connectivity index (χ2v) is 7.61. The van der Waals surface area contributed by atoms with Gasteiger partial charge in [-0.1, -0.05) is 6.07 Å². The highest BCUT2D eigenvalue weighted by atomic mass is 79.9. The molecule has 0 spiro atoms. The van der Waals surface area contributed by atoms with Gasteiger partial charge in [0.15, 0.2) is 0 Å². The number of carboxylic acid groups (broad SMARTS) is 1. The number of carboxylic acids is 1. The lowest BCUT2D eigenvalue weighted by molar-refractivity contribution is 0.0696. The Balaban J connectivity index is 2.07. The van der Waals surface area contributed by atoms with Crippen LogP contribution in [0.25, 0.3) is 5.78 Å². The summed E-state index contributed by atoms with van der Waals surface area (Å²) in [6.07, 6.45) is 1.55. The molecule has 3 rings (SSSR count). The third-order valence-electron chi connectivity index (χ3n) is 3.38. The number of hydrogen-bond acceptors (Lipinski definition) is 6. The van der Waals surface area contributed by atoms with Crippen LogP contribution in [0, 0.1) is 13.8 Å². The second-order valence-electron chi connectivity index (χ2n) is 5.24. The van der Waals surface area contributed by atoms with Gasteiger partial charge in [0.1, 0.15) is 0 Å². The average molecular weight is 426 g/mol. The van der Waals surface area contributed by atoms with E-state index >= 15 is 0 Å². The molecular formula is C14H12BrN5O4S. The maximum atomic E-state index is 12.6. The van der Waals surface area contributed by atoms with Crippen LogP contribution in [0.2, 0.25) is 0 Å². The quantitative estimate of drug-likeness (QED) is 0.653. The van der Waals surface area contributed by atoms with Gasteiger partial charge in [-0.25, -0.2) is 14.3 Å². The van der Waals surface area contributed by atoms with E-state index in [0.29, 0.717) is 11.3 Å². The molecule has 0 saturated carbocycles. The fourth-order valence-corrected chi connectivity index (χ4v) is 3.97. The van der Waals surface area contributed by atoms with Crippen molar-refractivity contribution in [1.82, 2.24) is 19.6 Å². The Labute approximate surface area is 150 Å². The number of nitrogens with one attached hydrogen (secondary N) is 1. The van der Waals surface area contributed by atoms with Crippen LogP contribution in [0.1, 0.15) is 21.6 Å². The van der Waals surface area contributed by atoms with Gasteiger partial charge in [-0.05, 0) is 47.5 Å².